The summed E-state index contributed by atoms with van der Waals surface area (Å²) in [5.41, 5.74) is 2.30. The zero-order chi connectivity index (χ0) is 20.5. The molecule has 148 valence electrons. The molecular formula is C19H16N4O5S. The molecule has 0 fully saturated rings. The molecule has 1 amide bonds. The van der Waals surface area contributed by atoms with Crippen LogP contribution in [0.5, 0.6) is 5.75 Å². The van der Waals surface area contributed by atoms with Crippen LogP contribution in [0.1, 0.15) is 21.6 Å². The minimum atomic E-state index is -1.06. The van der Waals surface area contributed by atoms with Gasteiger partial charge in [0, 0.05) is 34.1 Å². The summed E-state index contributed by atoms with van der Waals surface area (Å²) in [6.45, 7) is 0. The number of non-ortho nitro benzene ring substituents is 1. The van der Waals surface area contributed by atoms with Gasteiger partial charge in [-0.2, -0.15) is 5.10 Å². The van der Waals surface area contributed by atoms with E-state index in [1.54, 1.807) is 36.1 Å². The number of methoxy groups -OCH3 is 1. The van der Waals surface area contributed by atoms with E-state index in [-0.39, 0.29) is 11.3 Å². The van der Waals surface area contributed by atoms with E-state index in [1.807, 2.05) is 0 Å². The Morgan fingerprint density at radius 1 is 1.17 bits per heavy atom. The first kappa shape index (κ1) is 18.8. The molecular weight excluding hydrogens is 396 g/mol. The number of nitro benzene ring substituents is 1. The number of hydrogen-bond donors (Lipinski definition) is 1. The zero-order valence-electron chi connectivity index (χ0n) is 15.3. The van der Waals surface area contributed by atoms with E-state index in [9.17, 15) is 19.1 Å². The van der Waals surface area contributed by atoms with Gasteiger partial charge >= 0.3 is 0 Å². The number of rotatable bonds is 5. The maximum Gasteiger partial charge on any atom is 0.269 e. The normalized spacial score (nSPS) is 15.0. The van der Waals surface area contributed by atoms with Gasteiger partial charge in [-0.15, -0.1) is 0 Å². The van der Waals surface area contributed by atoms with Crippen molar-refractivity contribution < 1.29 is 18.7 Å². The molecule has 29 heavy (non-hydrogen) atoms. The van der Waals surface area contributed by atoms with Gasteiger partial charge in [-0.3, -0.25) is 19.1 Å². The van der Waals surface area contributed by atoms with Crippen LogP contribution < -0.4 is 10.1 Å². The minimum Gasteiger partial charge on any atom is -0.497 e. The molecule has 0 radical (unpaired) electrons. The van der Waals surface area contributed by atoms with Crippen LogP contribution in [0.2, 0.25) is 0 Å². The lowest BCUT2D eigenvalue weighted by molar-refractivity contribution is -0.384. The smallest absolute Gasteiger partial charge is 0.269 e. The van der Waals surface area contributed by atoms with Crippen LogP contribution in [0.3, 0.4) is 0 Å². The Balaban J connectivity index is 1.69. The summed E-state index contributed by atoms with van der Waals surface area (Å²) in [6.07, 6.45) is 0. The molecule has 3 aromatic rings. The predicted molar refractivity (Wildman–Crippen MR) is 107 cm³/mol. The zero-order valence-corrected chi connectivity index (χ0v) is 16.1. The number of nitrogens with zero attached hydrogens (tertiary/aromatic N) is 3. The summed E-state index contributed by atoms with van der Waals surface area (Å²) in [5, 5.41) is 18.2. The number of aromatic nitrogens is 2. The second-order valence-electron chi connectivity index (χ2n) is 6.37. The number of carbonyl (C=O) groups is 1. The molecule has 2 aromatic carbocycles. The first-order valence-electron chi connectivity index (χ1n) is 8.62. The molecule has 1 N–H and O–H groups in total. The van der Waals surface area contributed by atoms with E-state index in [0.717, 1.165) is 5.56 Å². The molecule has 1 atom stereocenters. The SMILES string of the molecule is COc1ccc(-n2nc3c(c2NC(=O)c2ccc([N+](=O)[O-])cc2)C[S@@](=O)C3)cc1. The second-order valence-corrected chi connectivity index (χ2v) is 7.83. The number of hydrogen-bond acceptors (Lipinski definition) is 6. The van der Waals surface area contributed by atoms with Crippen LogP contribution in [0.15, 0.2) is 48.5 Å². The Labute approximate surface area is 167 Å². The predicted octanol–water partition coefficient (Wildman–Crippen LogP) is 2.80. The van der Waals surface area contributed by atoms with Crippen molar-refractivity contribution in [2.45, 2.75) is 11.5 Å². The summed E-state index contributed by atoms with van der Waals surface area (Å²) in [5.74, 6) is 1.33. The lowest BCUT2D eigenvalue weighted by Crippen LogP contribution is -2.16. The molecule has 0 spiro atoms. The van der Waals surface area contributed by atoms with Gasteiger partial charge in [0.2, 0.25) is 0 Å². The number of fused-ring (bicyclic) bond motifs is 1. The Hall–Kier alpha value is -3.53. The Morgan fingerprint density at radius 2 is 1.86 bits per heavy atom. The summed E-state index contributed by atoms with van der Waals surface area (Å²) in [7, 11) is 0.514. The first-order chi connectivity index (χ1) is 14.0. The molecule has 4 rings (SSSR count). The van der Waals surface area contributed by atoms with Crippen molar-refractivity contribution in [2.75, 3.05) is 12.4 Å². The molecule has 10 heteroatoms. The molecule has 1 aliphatic heterocycles. The van der Waals surface area contributed by atoms with Crippen molar-refractivity contribution in [3.63, 3.8) is 0 Å². The maximum absolute atomic E-state index is 12.7. The number of ether oxygens (including phenoxy) is 1. The number of anilines is 1. The number of nitrogens with one attached hydrogen (secondary N) is 1. The highest BCUT2D eigenvalue weighted by Gasteiger charge is 2.28. The third-order valence-corrected chi connectivity index (χ3v) is 5.77. The number of carbonyl (C=O) groups excluding carboxylic acids is 1. The van der Waals surface area contributed by atoms with Crippen molar-refractivity contribution in [3.05, 3.63) is 75.5 Å². The number of benzene rings is 2. The van der Waals surface area contributed by atoms with Gasteiger partial charge in [-0.05, 0) is 36.4 Å². The second kappa shape index (κ2) is 7.47. The van der Waals surface area contributed by atoms with Crippen molar-refractivity contribution in [1.82, 2.24) is 9.78 Å². The molecule has 0 unspecified atom stereocenters. The molecule has 9 nitrogen and oxygen atoms in total. The van der Waals surface area contributed by atoms with Crippen molar-refractivity contribution in [1.29, 1.82) is 0 Å². The third kappa shape index (κ3) is 3.61. The summed E-state index contributed by atoms with van der Waals surface area (Å²) in [4.78, 5) is 23.0. The van der Waals surface area contributed by atoms with Crippen molar-refractivity contribution in [3.8, 4) is 11.4 Å². The highest BCUT2D eigenvalue weighted by Crippen LogP contribution is 2.32. The van der Waals surface area contributed by atoms with E-state index < -0.39 is 21.6 Å². The Kier molecular flexibility index (Phi) is 4.85. The van der Waals surface area contributed by atoms with E-state index >= 15 is 0 Å². The Morgan fingerprint density at radius 3 is 2.48 bits per heavy atom. The van der Waals surface area contributed by atoms with Gasteiger partial charge in [0.15, 0.2) is 0 Å². The Bertz CT molecular complexity index is 1120. The van der Waals surface area contributed by atoms with E-state index in [4.69, 9.17) is 4.74 Å². The lowest BCUT2D eigenvalue weighted by atomic mass is 10.2. The third-order valence-electron chi connectivity index (χ3n) is 4.56. The first-order valence-corrected chi connectivity index (χ1v) is 10.1. The van der Waals surface area contributed by atoms with Gasteiger partial charge in [0.05, 0.1) is 34.9 Å². The monoisotopic (exact) mass is 412 g/mol. The van der Waals surface area contributed by atoms with Crippen LogP contribution >= 0.6 is 0 Å². The largest absolute Gasteiger partial charge is 0.497 e. The summed E-state index contributed by atoms with van der Waals surface area (Å²) < 4.78 is 18.7. The topological polar surface area (TPSA) is 116 Å². The highest BCUT2D eigenvalue weighted by atomic mass is 32.2. The summed E-state index contributed by atoms with van der Waals surface area (Å²) in [6, 6.07) is 12.5. The average Bonchev–Trinajstić information content (AvgIpc) is 3.25. The standard InChI is InChI=1S/C19H16N4O5S/c1-28-15-8-6-13(7-9-15)22-18(16-10-29(27)11-17(16)21-22)20-19(24)12-2-4-14(5-3-12)23(25)26/h2-9H,10-11H2,1H3,(H,20,24)/t29-/m1/s1. The van der Waals surface area contributed by atoms with Crippen molar-refractivity contribution in [2.24, 2.45) is 0 Å². The van der Waals surface area contributed by atoms with Gasteiger partial charge in [0.25, 0.3) is 11.6 Å². The van der Waals surface area contributed by atoms with Crippen LogP contribution in [0.25, 0.3) is 5.69 Å². The molecule has 0 bridgehead atoms. The van der Waals surface area contributed by atoms with Crippen molar-refractivity contribution >= 4 is 28.2 Å². The molecule has 0 aliphatic carbocycles. The van der Waals surface area contributed by atoms with Gasteiger partial charge in [-0.1, -0.05) is 0 Å². The quantitative estimate of drug-likeness (QED) is 0.509. The van der Waals surface area contributed by atoms with Crippen LogP contribution in [-0.2, 0) is 22.3 Å². The van der Waals surface area contributed by atoms with E-state index in [2.05, 4.69) is 10.4 Å². The van der Waals surface area contributed by atoms with E-state index in [0.29, 0.717) is 34.5 Å². The van der Waals surface area contributed by atoms with Gasteiger partial charge in [0.1, 0.15) is 11.6 Å². The fraction of sp³-hybridized carbons (Fsp3) is 0.158. The summed E-state index contributed by atoms with van der Waals surface area (Å²) >= 11 is 0. The molecule has 1 aromatic heterocycles. The van der Waals surface area contributed by atoms with Gasteiger partial charge in [-0.25, -0.2) is 4.68 Å². The fourth-order valence-corrected chi connectivity index (χ4v) is 4.34. The van der Waals surface area contributed by atoms with Crippen LogP contribution in [0.4, 0.5) is 11.5 Å². The molecule has 2 heterocycles. The number of amides is 1. The average molecular weight is 412 g/mol. The molecule has 0 saturated heterocycles. The number of nitro groups is 1. The maximum atomic E-state index is 12.7. The van der Waals surface area contributed by atoms with Crippen LogP contribution in [0, 0.1) is 10.1 Å². The highest BCUT2D eigenvalue weighted by molar-refractivity contribution is 7.83. The fourth-order valence-electron chi connectivity index (χ4n) is 3.08. The minimum absolute atomic E-state index is 0.0962. The lowest BCUT2D eigenvalue weighted by Gasteiger charge is -2.11. The van der Waals surface area contributed by atoms with Crippen LogP contribution in [-0.4, -0.2) is 31.9 Å². The van der Waals surface area contributed by atoms with E-state index in [1.165, 1.54) is 24.3 Å². The van der Waals surface area contributed by atoms with Gasteiger partial charge < -0.3 is 10.1 Å². The molecule has 1 aliphatic rings. The molecule has 0 saturated carbocycles.